The number of rotatable bonds is 4. The molecule has 2 rings (SSSR count). The Hall–Kier alpha value is -2.30. The fourth-order valence-electron chi connectivity index (χ4n) is 1.82. The van der Waals surface area contributed by atoms with Crippen molar-refractivity contribution in [1.82, 2.24) is 4.98 Å². The summed E-state index contributed by atoms with van der Waals surface area (Å²) < 4.78 is 10.1. The summed E-state index contributed by atoms with van der Waals surface area (Å²) in [6, 6.07) is 7.13. The largest absolute Gasteiger partial charge is 0.478 e. The lowest BCUT2D eigenvalue weighted by Crippen LogP contribution is -2.04. The fourth-order valence-corrected chi connectivity index (χ4v) is 1.82. The Balaban J connectivity index is 2.33. The van der Waals surface area contributed by atoms with Crippen LogP contribution in [0, 0.1) is 5.41 Å². The van der Waals surface area contributed by atoms with Crippen LogP contribution in [0.2, 0.25) is 0 Å². The van der Waals surface area contributed by atoms with Gasteiger partial charge in [0.1, 0.15) is 5.69 Å². The van der Waals surface area contributed by atoms with Gasteiger partial charge in [-0.2, -0.15) is 0 Å². The van der Waals surface area contributed by atoms with Crippen LogP contribution in [-0.2, 0) is 9.47 Å². The molecule has 0 atom stereocenters. The third-order valence-electron chi connectivity index (χ3n) is 2.67. The summed E-state index contributed by atoms with van der Waals surface area (Å²) in [5.41, 5.74) is 1.93. The van der Waals surface area contributed by atoms with E-state index in [1.54, 1.807) is 19.1 Å². The maximum atomic E-state index is 11.6. The molecule has 0 amide bonds. The Morgan fingerprint density at radius 2 is 1.95 bits per heavy atom. The van der Waals surface area contributed by atoms with Gasteiger partial charge in [-0.3, -0.25) is 5.41 Å². The van der Waals surface area contributed by atoms with Crippen LogP contribution in [0.15, 0.2) is 24.3 Å². The van der Waals surface area contributed by atoms with Crippen LogP contribution < -0.4 is 0 Å². The molecule has 1 aromatic heterocycles. The highest BCUT2D eigenvalue weighted by atomic mass is 16.5. The number of aromatic amines is 1. The first kappa shape index (κ1) is 13.1. The number of nitrogens with one attached hydrogen (secondary N) is 2. The van der Waals surface area contributed by atoms with E-state index in [2.05, 4.69) is 4.98 Å². The SMILES string of the molecule is CCOC(=N)c1ccc2[nH]c(C(=O)OCC)cc2c1. The van der Waals surface area contributed by atoms with E-state index >= 15 is 0 Å². The molecule has 5 nitrogen and oxygen atoms in total. The first-order valence-corrected chi connectivity index (χ1v) is 6.17. The summed E-state index contributed by atoms with van der Waals surface area (Å²) in [5, 5.41) is 8.59. The van der Waals surface area contributed by atoms with Gasteiger partial charge in [-0.25, -0.2) is 4.79 Å². The lowest BCUT2D eigenvalue weighted by molar-refractivity contribution is 0.0520. The fraction of sp³-hybridized carbons (Fsp3) is 0.286. The Bertz CT molecular complexity index is 600. The quantitative estimate of drug-likeness (QED) is 0.504. The Labute approximate surface area is 111 Å². The molecule has 2 aromatic rings. The van der Waals surface area contributed by atoms with Gasteiger partial charge >= 0.3 is 5.97 Å². The van der Waals surface area contributed by atoms with Crippen LogP contribution in [0.3, 0.4) is 0 Å². The van der Waals surface area contributed by atoms with Gasteiger partial charge in [-0.1, -0.05) is 0 Å². The molecule has 0 aliphatic carbocycles. The van der Waals surface area contributed by atoms with Crippen molar-refractivity contribution < 1.29 is 14.3 Å². The average Bonchev–Trinajstić information content (AvgIpc) is 2.82. The van der Waals surface area contributed by atoms with Gasteiger partial charge in [0.15, 0.2) is 0 Å². The minimum atomic E-state index is -0.375. The number of H-pyrrole nitrogens is 1. The highest BCUT2D eigenvalue weighted by molar-refractivity contribution is 5.99. The van der Waals surface area contributed by atoms with Crippen molar-refractivity contribution in [1.29, 1.82) is 5.41 Å². The maximum absolute atomic E-state index is 11.6. The summed E-state index contributed by atoms with van der Waals surface area (Å²) in [6.45, 7) is 4.40. The standard InChI is InChI=1S/C14H16N2O3/c1-3-18-13(15)9-5-6-11-10(7-9)8-12(16-11)14(17)19-4-2/h5-8,15-16H,3-4H2,1-2H3. The molecule has 0 bridgehead atoms. The second-order valence-electron chi connectivity index (χ2n) is 3.97. The summed E-state index contributed by atoms with van der Waals surface area (Å²) in [5.74, 6) is -0.247. The number of esters is 1. The summed E-state index contributed by atoms with van der Waals surface area (Å²) in [6.07, 6.45) is 0. The van der Waals surface area contributed by atoms with Crippen LogP contribution >= 0.6 is 0 Å². The molecule has 5 heteroatoms. The van der Waals surface area contributed by atoms with E-state index in [0.29, 0.717) is 24.5 Å². The number of aromatic nitrogens is 1. The lowest BCUT2D eigenvalue weighted by Gasteiger charge is -2.04. The number of ether oxygens (including phenoxy) is 2. The molecule has 0 saturated carbocycles. The van der Waals surface area contributed by atoms with Gasteiger partial charge in [-0.05, 0) is 38.1 Å². The normalized spacial score (nSPS) is 10.4. The number of hydrogen-bond acceptors (Lipinski definition) is 4. The van der Waals surface area contributed by atoms with E-state index in [1.807, 2.05) is 19.1 Å². The van der Waals surface area contributed by atoms with Crippen molar-refractivity contribution in [2.24, 2.45) is 0 Å². The van der Waals surface area contributed by atoms with Crippen LogP contribution in [0.1, 0.15) is 29.9 Å². The molecule has 0 spiro atoms. The molecule has 100 valence electrons. The molecule has 1 heterocycles. The molecule has 0 saturated heterocycles. The highest BCUT2D eigenvalue weighted by Gasteiger charge is 2.11. The summed E-state index contributed by atoms with van der Waals surface area (Å²) in [4.78, 5) is 14.6. The van der Waals surface area contributed by atoms with Gasteiger partial charge < -0.3 is 14.5 Å². The number of hydrogen-bond donors (Lipinski definition) is 2. The molecular weight excluding hydrogens is 244 g/mol. The maximum Gasteiger partial charge on any atom is 0.354 e. The molecule has 19 heavy (non-hydrogen) atoms. The number of carbonyl (C=O) groups excluding carboxylic acids is 1. The smallest absolute Gasteiger partial charge is 0.354 e. The molecule has 0 fully saturated rings. The van der Waals surface area contributed by atoms with Crippen LogP contribution in [0.25, 0.3) is 10.9 Å². The predicted octanol–water partition coefficient (Wildman–Crippen LogP) is 2.71. The third kappa shape index (κ3) is 2.76. The van der Waals surface area contributed by atoms with Crippen LogP contribution in [0.4, 0.5) is 0 Å². The summed E-state index contributed by atoms with van der Waals surface area (Å²) >= 11 is 0. The number of fused-ring (bicyclic) bond motifs is 1. The zero-order valence-electron chi connectivity index (χ0n) is 10.9. The molecule has 0 aliphatic rings. The number of benzene rings is 1. The van der Waals surface area contributed by atoms with E-state index < -0.39 is 0 Å². The van der Waals surface area contributed by atoms with E-state index in [1.165, 1.54) is 0 Å². The van der Waals surface area contributed by atoms with Crippen LogP contribution in [-0.4, -0.2) is 30.1 Å². The molecular formula is C14H16N2O3. The van der Waals surface area contributed by atoms with Crippen molar-refractivity contribution in [3.05, 3.63) is 35.5 Å². The monoisotopic (exact) mass is 260 g/mol. The molecule has 0 unspecified atom stereocenters. The Morgan fingerprint density at radius 1 is 1.21 bits per heavy atom. The molecule has 0 aliphatic heterocycles. The lowest BCUT2D eigenvalue weighted by atomic mass is 10.1. The first-order valence-electron chi connectivity index (χ1n) is 6.17. The average molecular weight is 260 g/mol. The predicted molar refractivity (Wildman–Crippen MR) is 72.7 cm³/mol. The van der Waals surface area contributed by atoms with Crippen molar-refractivity contribution >= 4 is 22.8 Å². The van der Waals surface area contributed by atoms with Gasteiger partial charge in [0, 0.05) is 16.5 Å². The summed E-state index contributed by atoms with van der Waals surface area (Å²) in [7, 11) is 0. The van der Waals surface area contributed by atoms with Gasteiger partial charge in [0.2, 0.25) is 5.90 Å². The zero-order valence-corrected chi connectivity index (χ0v) is 10.9. The van der Waals surface area contributed by atoms with Crippen molar-refractivity contribution in [3.63, 3.8) is 0 Å². The topological polar surface area (TPSA) is 75.2 Å². The second kappa shape index (κ2) is 5.56. The third-order valence-corrected chi connectivity index (χ3v) is 2.67. The number of carbonyl (C=O) groups is 1. The van der Waals surface area contributed by atoms with Crippen molar-refractivity contribution in [3.8, 4) is 0 Å². The van der Waals surface area contributed by atoms with Crippen LogP contribution in [0.5, 0.6) is 0 Å². The highest BCUT2D eigenvalue weighted by Crippen LogP contribution is 2.18. The van der Waals surface area contributed by atoms with E-state index in [0.717, 1.165) is 10.9 Å². The van der Waals surface area contributed by atoms with Gasteiger partial charge in [0.25, 0.3) is 0 Å². The van der Waals surface area contributed by atoms with Crippen molar-refractivity contribution in [2.75, 3.05) is 13.2 Å². The zero-order chi connectivity index (χ0) is 13.8. The van der Waals surface area contributed by atoms with E-state index in [-0.39, 0.29) is 11.9 Å². The minimum absolute atomic E-state index is 0.128. The van der Waals surface area contributed by atoms with Gasteiger partial charge in [0.05, 0.1) is 13.2 Å². The molecule has 2 N–H and O–H groups in total. The van der Waals surface area contributed by atoms with Crippen molar-refractivity contribution in [2.45, 2.75) is 13.8 Å². The molecule has 0 radical (unpaired) electrons. The Morgan fingerprint density at radius 3 is 2.63 bits per heavy atom. The van der Waals surface area contributed by atoms with E-state index in [4.69, 9.17) is 14.9 Å². The van der Waals surface area contributed by atoms with E-state index in [9.17, 15) is 4.79 Å². The minimum Gasteiger partial charge on any atom is -0.478 e. The van der Waals surface area contributed by atoms with Gasteiger partial charge in [-0.15, -0.1) is 0 Å². The second-order valence-corrected chi connectivity index (χ2v) is 3.97. The Kier molecular flexibility index (Phi) is 3.85. The molecule has 1 aromatic carbocycles. The first-order chi connectivity index (χ1) is 9.15.